The first-order chi connectivity index (χ1) is 9.86. The lowest BCUT2D eigenvalue weighted by molar-refractivity contribution is 0.176. The van der Waals surface area contributed by atoms with Crippen LogP contribution < -0.4 is 11.1 Å². The molecule has 4 N–H and O–H groups in total. The van der Waals surface area contributed by atoms with Crippen molar-refractivity contribution < 1.29 is 13.5 Å². The molecule has 0 saturated carbocycles. The predicted molar refractivity (Wildman–Crippen MR) is 82.7 cm³/mol. The third kappa shape index (κ3) is 2.99. The summed E-state index contributed by atoms with van der Waals surface area (Å²) in [5.74, 6) is 0.160. The Morgan fingerprint density at radius 3 is 2.67 bits per heavy atom. The van der Waals surface area contributed by atoms with Crippen LogP contribution in [0, 0.1) is 5.92 Å². The Kier molecular flexibility index (Phi) is 4.72. The number of nitrogens with one attached hydrogen (secondary N) is 1. The summed E-state index contributed by atoms with van der Waals surface area (Å²) in [5.41, 5.74) is 6.21. The molecule has 1 heterocycles. The normalized spacial score (nSPS) is 26.9. The van der Waals surface area contributed by atoms with Crippen molar-refractivity contribution in [1.82, 2.24) is 5.32 Å². The van der Waals surface area contributed by atoms with Gasteiger partial charge in [0, 0.05) is 19.2 Å². The van der Waals surface area contributed by atoms with Gasteiger partial charge in [-0.3, -0.25) is 0 Å². The van der Waals surface area contributed by atoms with Gasteiger partial charge < -0.3 is 16.2 Å². The number of nitrogens with two attached hydrogens (primary N) is 1. The summed E-state index contributed by atoms with van der Waals surface area (Å²) in [6, 6.07) is 7.10. The zero-order valence-corrected chi connectivity index (χ0v) is 13.4. The van der Waals surface area contributed by atoms with E-state index in [9.17, 15) is 13.5 Å². The van der Waals surface area contributed by atoms with Gasteiger partial charge in [0.1, 0.15) is 0 Å². The number of sulfone groups is 1. The van der Waals surface area contributed by atoms with Gasteiger partial charge in [0.2, 0.25) is 0 Å². The third-order valence-electron chi connectivity index (χ3n) is 4.53. The van der Waals surface area contributed by atoms with E-state index in [1.54, 1.807) is 12.1 Å². The molecule has 118 valence electrons. The summed E-state index contributed by atoms with van der Waals surface area (Å²) >= 11 is 0. The Balaban J connectivity index is 2.45. The summed E-state index contributed by atoms with van der Waals surface area (Å²) in [6.07, 6.45) is 0.450. The van der Waals surface area contributed by atoms with E-state index in [-0.39, 0.29) is 24.3 Å². The van der Waals surface area contributed by atoms with Gasteiger partial charge in [-0.1, -0.05) is 25.1 Å². The van der Waals surface area contributed by atoms with Gasteiger partial charge in [-0.2, -0.15) is 0 Å². The molecule has 0 radical (unpaired) electrons. The Morgan fingerprint density at radius 1 is 1.38 bits per heavy atom. The average molecular weight is 312 g/mol. The molecule has 3 atom stereocenters. The van der Waals surface area contributed by atoms with Crippen molar-refractivity contribution in [2.45, 2.75) is 36.7 Å². The van der Waals surface area contributed by atoms with Crippen LogP contribution in [-0.2, 0) is 15.4 Å². The summed E-state index contributed by atoms with van der Waals surface area (Å²) in [7, 11) is -3.23. The van der Waals surface area contributed by atoms with Gasteiger partial charge in [0.25, 0.3) is 0 Å². The largest absolute Gasteiger partial charge is 0.396 e. The minimum atomic E-state index is -3.23. The number of aliphatic hydroxyl groups is 1. The summed E-state index contributed by atoms with van der Waals surface area (Å²) < 4.78 is 24.5. The Morgan fingerprint density at radius 2 is 2.05 bits per heavy atom. The number of hydrogen-bond donors (Lipinski definition) is 3. The van der Waals surface area contributed by atoms with Gasteiger partial charge in [0.15, 0.2) is 9.84 Å². The van der Waals surface area contributed by atoms with Crippen molar-refractivity contribution in [3.05, 3.63) is 29.8 Å². The van der Waals surface area contributed by atoms with Crippen LogP contribution >= 0.6 is 0 Å². The lowest BCUT2D eigenvalue weighted by atomic mass is 9.84. The monoisotopic (exact) mass is 312 g/mol. The van der Waals surface area contributed by atoms with E-state index in [4.69, 9.17) is 5.73 Å². The summed E-state index contributed by atoms with van der Waals surface area (Å²) in [6.45, 7) is 4.34. The summed E-state index contributed by atoms with van der Waals surface area (Å²) in [4.78, 5) is 0.373. The highest BCUT2D eigenvalue weighted by molar-refractivity contribution is 7.91. The van der Waals surface area contributed by atoms with Crippen LogP contribution in [0.2, 0.25) is 0 Å². The van der Waals surface area contributed by atoms with Crippen LogP contribution in [0.3, 0.4) is 0 Å². The van der Waals surface area contributed by atoms with Gasteiger partial charge in [0.05, 0.1) is 16.2 Å². The first kappa shape index (κ1) is 16.4. The molecule has 1 aromatic rings. The van der Waals surface area contributed by atoms with Gasteiger partial charge in [-0.25, -0.2) is 8.42 Å². The fourth-order valence-corrected chi connectivity index (χ4v) is 4.56. The quantitative estimate of drug-likeness (QED) is 0.741. The van der Waals surface area contributed by atoms with Crippen LogP contribution in [0.25, 0.3) is 0 Å². The highest BCUT2D eigenvalue weighted by Crippen LogP contribution is 2.37. The van der Waals surface area contributed by atoms with E-state index >= 15 is 0 Å². The fourth-order valence-electron chi connectivity index (χ4n) is 2.84. The van der Waals surface area contributed by atoms with E-state index in [1.807, 2.05) is 26.0 Å². The van der Waals surface area contributed by atoms with Crippen molar-refractivity contribution >= 4 is 9.84 Å². The maximum absolute atomic E-state index is 12.2. The zero-order valence-electron chi connectivity index (χ0n) is 12.5. The van der Waals surface area contributed by atoms with Crippen LogP contribution in [0.5, 0.6) is 0 Å². The Labute approximate surface area is 126 Å². The fraction of sp³-hybridized carbons (Fsp3) is 0.600. The number of benzene rings is 1. The second-order valence-corrected chi connectivity index (χ2v) is 8.02. The second kappa shape index (κ2) is 6.04. The number of hydrogen-bond acceptors (Lipinski definition) is 5. The molecule has 0 amide bonds. The number of rotatable bonds is 5. The lowest BCUT2D eigenvalue weighted by Crippen LogP contribution is -2.56. The van der Waals surface area contributed by atoms with Gasteiger partial charge in [-0.15, -0.1) is 0 Å². The predicted octanol–water partition coefficient (Wildman–Crippen LogP) is 0.625. The van der Waals surface area contributed by atoms with Crippen LogP contribution in [0.4, 0.5) is 0 Å². The minimum Gasteiger partial charge on any atom is -0.396 e. The Bertz CT molecular complexity index is 603. The van der Waals surface area contributed by atoms with Gasteiger partial charge in [-0.05, 0) is 30.9 Å². The molecule has 1 aliphatic heterocycles. The average Bonchev–Trinajstić information content (AvgIpc) is 2.49. The molecule has 1 aromatic carbocycles. The molecule has 0 saturated heterocycles. The first-order valence-electron chi connectivity index (χ1n) is 7.27. The molecule has 0 spiro atoms. The van der Waals surface area contributed by atoms with E-state index in [1.165, 1.54) is 0 Å². The highest BCUT2D eigenvalue weighted by Gasteiger charge is 2.42. The maximum Gasteiger partial charge on any atom is 0.178 e. The van der Waals surface area contributed by atoms with E-state index in [0.717, 1.165) is 5.56 Å². The number of fused-ring (bicyclic) bond motifs is 1. The highest BCUT2D eigenvalue weighted by atomic mass is 32.2. The van der Waals surface area contributed by atoms with Crippen molar-refractivity contribution in [3.63, 3.8) is 0 Å². The van der Waals surface area contributed by atoms with Crippen molar-refractivity contribution in [2.75, 3.05) is 18.9 Å². The maximum atomic E-state index is 12.2. The molecule has 3 unspecified atom stereocenters. The molecular formula is C15H24N2O3S. The second-order valence-electron chi connectivity index (χ2n) is 5.94. The standard InChI is InChI=1S/C15H24N2O3S/c1-11(9-18)12(2)17-15(10-16)7-8-21(19,20)14-6-4-3-5-13(14)15/h3-6,11-12,17-18H,7-10,16H2,1-2H3. The van der Waals surface area contributed by atoms with E-state index < -0.39 is 15.4 Å². The van der Waals surface area contributed by atoms with Gasteiger partial charge >= 0.3 is 0 Å². The van der Waals surface area contributed by atoms with E-state index in [2.05, 4.69) is 5.32 Å². The third-order valence-corrected chi connectivity index (χ3v) is 6.30. The number of aliphatic hydroxyl groups excluding tert-OH is 1. The molecule has 5 nitrogen and oxygen atoms in total. The van der Waals surface area contributed by atoms with Crippen LogP contribution in [-0.4, -0.2) is 38.5 Å². The van der Waals surface area contributed by atoms with Crippen LogP contribution in [0.1, 0.15) is 25.8 Å². The van der Waals surface area contributed by atoms with Crippen LogP contribution in [0.15, 0.2) is 29.2 Å². The minimum absolute atomic E-state index is 0.0346. The molecule has 0 aliphatic carbocycles. The van der Waals surface area contributed by atoms with Crippen molar-refractivity contribution in [2.24, 2.45) is 11.7 Å². The smallest absolute Gasteiger partial charge is 0.178 e. The molecule has 1 aliphatic rings. The van der Waals surface area contributed by atoms with E-state index in [0.29, 0.717) is 17.9 Å². The summed E-state index contributed by atoms with van der Waals surface area (Å²) in [5, 5.41) is 12.8. The molecule has 21 heavy (non-hydrogen) atoms. The molecular weight excluding hydrogens is 288 g/mol. The molecule has 2 rings (SSSR count). The lowest BCUT2D eigenvalue weighted by Gasteiger charge is -2.42. The van der Waals surface area contributed by atoms with Crippen molar-refractivity contribution in [1.29, 1.82) is 0 Å². The molecule has 6 heteroatoms. The van der Waals surface area contributed by atoms with Crippen molar-refractivity contribution in [3.8, 4) is 0 Å². The molecule has 0 aromatic heterocycles. The Hall–Kier alpha value is -0.950. The zero-order chi connectivity index (χ0) is 15.7. The topological polar surface area (TPSA) is 92.4 Å². The first-order valence-corrected chi connectivity index (χ1v) is 8.92. The SMILES string of the molecule is CC(CO)C(C)NC1(CN)CCS(=O)(=O)c2ccccc21. The molecule has 0 bridgehead atoms. The molecule has 0 fully saturated rings.